The molecule has 0 amide bonds. The number of hydrogen-bond acceptors (Lipinski definition) is 6. The van der Waals surface area contributed by atoms with Crippen LogP contribution in [0.2, 0.25) is 0 Å². The lowest BCUT2D eigenvalue weighted by molar-refractivity contribution is -0.274. The Bertz CT molecular complexity index is 1460. The Labute approximate surface area is 194 Å². The predicted molar refractivity (Wildman–Crippen MR) is 115 cm³/mol. The van der Waals surface area contributed by atoms with E-state index in [1.165, 1.54) is 29.2 Å². The molecule has 1 aliphatic heterocycles. The summed E-state index contributed by atoms with van der Waals surface area (Å²) in [5.41, 5.74) is 4.72. The lowest BCUT2D eigenvalue weighted by Gasteiger charge is -2.23. The fraction of sp³-hybridized carbons (Fsp3) is 0.261. The van der Waals surface area contributed by atoms with E-state index in [0.717, 1.165) is 18.9 Å². The maximum Gasteiger partial charge on any atom is 0.573 e. The zero-order valence-electron chi connectivity index (χ0n) is 17.9. The number of anilines is 1. The van der Waals surface area contributed by atoms with E-state index >= 15 is 0 Å². The Hall–Kier alpha value is -3.80. The van der Waals surface area contributed by atoms with Gasteiger partial charge in [-0.3, -0.25) is 9.78 Å². The molecule has 2 aromatic heterocycles. The van der Waals surface area contributed by atoms with Crippen LogP contribution in [-0.4, -0.2) is 33.5 Å². The largest absolute Gasteiger partial charge is 0.573 e. The van der Waals surface area contributed by atoms with Crippen LogP contribution in [0.25, 0.3) is 21.8 Å². The van der Waals surface area contributed by atoms with Gasteiger partial charge < -0.3 is 15.2 Å². The Morgan fingerprint density at radius 2 is 1.97 bits per heavy atom. The quantitative estimate of drug-likeness (QED) is 0.237. The van der Waals surface area contributed by atoms with Crippen LogP contribution in [0.15, 0.2) is 36.7 Å². The highest BCUT2D eigenvalue weighted by Gasteiger charge is 2.34. The van der Waals surface area contributed by atoms with Crippen molar-refractivity contribution < 1.29 is 36.2 Å². The van der Waals surface area contributed by atoms with Crippen LogP contribution in [0.4, 0.5) is 27.6 Å². The number of alkyl halides is 3. The van der Waals surface area contributed by atoms with Gasteiger partial charge in [-0.15, -0.1) is 13.2 Å². The van der Waals surface area contributed by atoms with Gasteiger partial charge in [0.2, 0.25) is 0 Å². The third-order valence-electron chi connectivity index (χ3n) is 5.81. The van der Waals surface area contributed by atoms with Crippen LogP contribution in [0.3, 0.4) is 0 Å². The number of fused-ring (bicyclic) bond motifs is 2. The van der Waals surface area contributed by atoms with Gasteiger partial charge in [0.15, 0.2) is 29.4 Å². The molecule has 5 rings (SSSR count). The molecule has 1 aliphatic rings. The molecule has 3 heterocycles. The van der Waals surface area contributed by atoms with Crippen LogP contribution < -0.4 is 10.5 Å². The van der Waals surface area contributed by atoms with E-state index in [1.54, 1.807) is 0 Å². The Morgan fingerprint density at radius 1 is 1.17 bits per heavy atom. The van der Waals surface area contributed by atoms with Gasteiger partial charge in [-0.2, -0.15) is 5.10 Å². The number of halogens is 5. The van der Waals surface area contributed by atoms with E-state index in [9.17, 15) is 26.7 Å². The van der Waals surface area contributed by atoms with Crippen LogP contribution in [0.1, 0.15) is 41.4 Å². The summed E-state index contributed by atoms with van der Waals surface area (Å²) >= 11 is 0. The number of hydrogen-bond donors (Lipinski definition) is 1. The number of pyridine rings is 1. The van der Waals surface area contributed by atoms with E-state index in [1.807, 2.05) is 0 Å². The number of carbonyl (C=O) groups excluding carboxylic acids is 1. The molecule has 1 fully saturated rings. The predicted octanol–water partition coefficient (Wildman–Crippen LogP) is 5.27. The van der Waals surface area contributed by atoms with Crippen molar-refractivity contribution in [3.8, 4) is 5.75 Å². The summed E-state index contributed by atoms with van der Waals surface area (Å²) < 4.78 is 79.4. The second-order valence-corrected chi connectivity index (χ2v) is 8.01. The molecule has 1 atom stereocenters. The molecule has 1 saturated heterocycles. The molecule has 0 saturated carbocycles. The normalized spacial score (nSPS) is 16.7. The molecule has 2 aromatic carbocycles. The molecule has 7 nitrogen and oxygen atoms in total. The van der Waals surface area contributed by atoms with E-state index < -0.39 is 41.3 Å². The number of aromatic nitrogens is 3. The number of ether oxygens (including phenoxy) is 2. The molecule has 0 spiro atoms. The van der Waals surface area contributed by atoms with Crippen molar-refractivity contribution in [3.05, 3.63) is 59.4 Å². The van der Waals surface area contributed by atoms with Crippen molar-refractivity contribution in [2.45, 2.75) is 31.9 Å². The summed E-state index contributed by atoms with van der Waals surface area (Å²) in [5, 5.41) is 4.11. The first-order valence-corrected chi connectivity index (χ1v) is 10.6. The molecular formula is C23H17F5N4O3. The fourth-order valence-electron chi connectivity index (χ4n) is 4.26. The van der Waals surface area contributed by atoms with Crippen molar-refractivity contribution in [1.29, 1.82) is 0 Å². The van der Waals surface area contributed by atoms with Crippen LogP contribution in [-0.2, 0) is 4.74 Å². The maximum atomic E-state index is 14.8. The second kappa shape index (κ2) is 8.45. The second-order valence-electron chi connectivity index (χ2n) is 8.01. The van der Waals surface area contributed by atoms with Gasteiger partial charge in [0, 0.05) is 34.7 Å². The molecule has 0 bridgehead atoms. The van der Waals surface area contributed by atoms with Crippen LogP contribution in [0, 0.1) is 11.6 Å². The summed E-state index contributed by atoms with van der Waals surface area (Å²) in [7, 11) is 0. The van der Waals surface area contributed by atoms with Crippen molar-refractivity contribution >= 4 is 33.3 Å². The van der Waals surface area contributed by atoms with Gasteiger partial charge in [0.1, 0.15) is 11.0 Å². The third-order valence-corrected chi connectivity index (χ3v) is 5.81. The van der Waals surface area contributed by atoms with E-state index in [2.05, 4.69) is 14.8 Å². The minimum Gasteiger partial charge on any atom is -0.403 e. The minimum atomic E-state index is -5.07. The highest BCUT2D eigenvalue weighted by atomic mass is 19.4. The number of benzene rings is 2. The van der Waals surface area contributed by atoms with Gasteiger partial charge in [-0.1, -0.05) is 0 Å². The van der Waals surface area contributed by atoms with E-state index in [4.69, 9.17) is 10.5 Å². The smallest absolute Gasteiger partial charge is 0.403 e. The number of ketones is 1. The molecule has 12 heteroatoms. The Kier molecular flexibility index (Phi) is 5.55. The average molecular weight is 492 g/mol. The summed E-state index contributed by atoms with van der Waals surface area (Å²) in [6.07, 6.45) is -1.17. The number of nitrogens with two attached hydrogens (primary N) is 1. The van der Waals surface area contributed by atoms with Gasteiger partial charge in [0.05, 0.1) is 11.9 Å². The van der Waals surface area contributed by atoms with Gasteiger partial charge in [-0.05, 0) is 43.5 Å². The van der Waals surface area contributed by atoms with Crippen molar-refractivity contribution in [2.75, 3.05) is 12.3 Å². The first-order valence-electron chi connectivity index (χ1n) is 10.6. The Morgan fingerprint density at radius 3 is 2.69 bits per heavy atom. The Balaban J connectivity index is 1.69. The highest BCUT2D eigenvalue weighted by molar-refractivity contribution is 6.21. The molecule has 0 radical (unpaired) electrons. The molecule has 2 N–H and O–H groups in total. The van der Waals surface area contributed by atoms with E-state index in [-0.39, 0.29) is 33.1 Å². The lowest BCUT2D eigenvalue weighted by atomic mass is 9.96. The topological polar surface area (TPSA) is 92.3 Å². The standard InChI is InChI=1S/C23H17F5N4O3/c24-15-8-12(14-10-31-32(21(14)18(15)25)17-5-1-2-7-34-17)22(33)13-9-16(35-23(26,27)28)20-11(19(13)29)4-3-6-30-20/h3-4,6,8-10,17H,1-2,5,7,29H2. The molecule has 4 aromatic rings. The fourth-order valence-corrected chi connectivity index (χ4v) is 4.26. The van der Waals surface area contributed by atoms with Gasteiger partial charge >= 0.3 is 6.36 Å². The van der Waals surface area contributed by atoms with Crippen LogP contribution >= 0.6 is 0 Å². The van der Waals surface area contributed by atoms with Crippen molar-refractivity contribution in [1.82, 2.24) is 14.8 Å². The number of carbonyl (C=O) groups is 1. The zero-order chi connectivity index (χ0) is 24.9. The van der Waals surface area contributed by atoms with Crippen molar-refractivity contribution in [3.63, 3.8) is 0 Å². The molecule has 182 valence electrons. The third kappa shape index (κ3) is 4.03. The van der Waals surface area contributed by atoms with Gasteiger partial charge in [0.25, 0.3) is 0 Å². The number of nitrogen functional groups attached to an aromatic ring is 1. The summed E-state index contributed by atoms with van der Waals surface area (Å²) in [6.45, 7) is 0.415. The number of nitrogens with zero attached hydrogens (tertiary/aromatic N) is 3. The first-order chi connectivity index (χ1) is 16.7. The van der Waals surface area contributed by atoms with Gasteiger partial charge in [-0.25, -0.2) is 13.5 Å². The molecular weight excluding hydrogens is 475 g/mol. The van der Waals surface area contributed by atoms with Crippen LogP contribution in [0.5, 0.6) is 5.75 Å². The zero-order valence-corrected chi connectivity index (χ0v) is 17.9. The molecule has 1 unspecified atom stereocenters. The summed E-state index contributed by atoms with van der Waals surface area (Å²) in [6, 6.07) is 4.26. The maximum absolute atomic E-state index is 14.8. The lowest BCUT2D eigenvalue weighted by Crippen LogP contribution is -2.20. The average Bonchev–Trinajstić information content (AvgIpc) is 3.28. The molecule has 0 aliphatic carbocycles. The monoisotopic (exact) mass is 492 g/mol. The summed E-state index contributed by atoms with van der Waals surface area (Å²) in [5.74, 6) is -4.24. The summed E-state index contributed by atoms with van der Waals surface area (Å²) in [4.78, 5) is 17.4. The highest BCUT2D eigenvalue weighted by Crippen LogP contribution is 2.38. The minimum absolute atomic E-state index is 0.0303. The SMILES string of the molecule is Nc1c(C(=O)c2cc(F)c(F)c3c2cnn3C2CCCCO2)cc(OC(F)(F)F)c2ncccc12. The van der Waals surface area contributed by atoms with E-state index in [0.29, 0.717) is 19.1 Å². The van der Waals surface area contributed by atoms with Crippen molar-refractivity contribution in [2.24, 2.45) is 0 Å². The first kappa shape index (κ1) is 23.0. The number of rotatable bonds is 4. The molecule has 35 heavy (non-hydrogen) atoms.